The van der Waals surface area contributed by atoms with Crippen LogP contribution >= 0.6 is 0 Å². The second-order valence-corrected chi connectivity index (χ2v) is 9.49. The highest BCUT2D eigenvalue weighted by atomic mass is 32.2. The lowest BCUT2D eigenvalue weighted by Crippen LogP contribution is -2.37. The van der Waals surface area contributed by atoms with E-state index in [9.17, 15) is 18.0 Å². The van der Waals surface area contributed by atoms with Gasteiger partial charge in [0.05, 0.1) is 23.6 Å². The summed E-state index contributed by atoms with van der Waals surface area (Å²) in [6.45, 7) is 3.88. The molecule has 1 amide bonds. The largest absolute Gasteiger partial charge is 0.462 e. The van der Waals surface area contributed by atoms with Crippen molar-refractivity contribution in [3.63, 3.8) is 0 Å². The lowest BCUT2D eigenvalue weighted by molar-refractivity contribution is -0.116. The average Bonchev–Trinajstić information content (AvgIpc) is 2.82. The molecule has 3 aromatic carbocycles. The summed E-state index contributed by atoms with van der Waals surface area (Å²) in [5, 5.41) is 4.43. The van der Waals surface area contributed by atoms with Crippen LogP contribution in [-0.2, 0) is 19.6 Å². The molecule has 0 spiro atoms. The molecule has 3 aromatic rings. The number of hydrogen-bond acceptors (Lipinski definition) is 5. The Kier molecular flexibility index (Phi) is 8.19. The van der Waals surface area contributed by atoms with Gasteiger partial charge in [-0.05, 0) is 53.6 Å². The molecule has 3 rings (SSSR count). The smallest absolute Gasteiger partial charge is 0.338 e. The fraction of sp³-hybridized carbons (Fsp3) is 0.280. The first kappa shape index (κ1) is 24.4. The molecule has 33 heavy (non-hydrogen) atoms. The summed E-state index contributed by atoms with van der Waals surface area (Å²) in [6.07, 6.45) is 1.74. The molecule has 8 heteroatoms. The van der Waals surface area contributed by atoms with Gasteiger partial charge < -0.3 is 10.1 Å². The zero-order valence-corrected chi connectivity index (χ0v) is 19.6. The molecular formula is C25H28N2O5S. The summed E-state index contributed by atoms with van der Waals surface area (Å²) < 4.78 is 32.5. The van der Waals surface area contributed by atoms with Gasteiger partial charge in [-0.2, -0.15) is 4.31 Å². The van der Waals surface area contributed by atoms with Gasteiger partial charge in [0.15, 0.2) is 0 Å². The van der Waals surface area contributed by atoms with Gasteiger partial charge in [-0.3, -0.25) is 4.79 Å². The van der Waals surface area contributed by atoms with Crippen molar-refractivity contribution in [3.05, 3.63) is 72.3 Å². The number of hydrogen-bond donors (Lipinski definition) is 1. The summed E-state index contributed by atoms with van der Waals surface area (Å²) in [4.78, 5) is 24.7. The molecule has 0 atom stereocenters. The maximum absolute atomic E-state index is 13.1. The standard InChI is InChI=1S/C25H28N2O5S/c1-3-5-16-32-25(29)20-10-13-22(14-11-20)26-24(28)18-27(4-2)33(30,31)23-15-12-19-8-6-7-9-21(19)17-23/h6-15,17H,3-5,16,18H2,1-2H3,(H,26,28). The summed E-state index contributed by atoms with van der Waals surface area (Å²) in [5.74, 6) is -0.889. The maximum atomic E-state index is 13.1. The summed E-state index contributed by atoms with van der Waals surface area (Å²) in [7, 11) is -3.85. The third-order valence-electron chi connectivity index (χ3n) is 5.17. The minimum absolute atomic E-state index is 0.141. The van der Waals surface area contributed by atoms with Crippen molar-refractivity contribution in [2.24, 2.45) is 0 Å². The summed E-state index contributed by atoms with van der Waals surface area (Å²) >= 11 is 0. The number of nitrogens with one attached hydrogen (secondary N) is 1. The van der Waals surface area contributed by atoms with Crippen molar-refractivity contribution in [2.45, 2.75) is 31.6 Å². The molecular weight excluding hydrogens is 440 g/mol. The van der Waals surface area contributed by atoms with E-state index in [-0.39, 0.29) is 18.0 Å². The van der Waals surface area contributed by atoms with Crippen LogP contribution in [0.3, 0.4) is 0 Å². The molecule has 0 fully saturated rings. The fourth-order valence-electron chi connectivity index (χ4n) is 3.29. The molecule has 0 saturated carbocycles. The topological polar surface area (TPSA) is 92.8 Å². The van der Waals surface area contributed by atoms with Crippen LogP contribution < -0.4 is 5.32 Å². The predicted octanol–water partition coefficient (Wildman–Crippen LogP) is 4.45. The van der Waals surface area contributed by atoms with Crippen LogP contribution in [0.25, 0.3) is 10.8 Å². The number of amides is 1. The van der Waals surface area contributed by atoms with Crippen molar-refractivity contribution >= 4 is 38.4 Å². The number of fused-ring (bicyclic) bond motifs is 1. The molecule has 0 aromatic heterocycles. The monoisotopic (exact) mass is 468 g/mol. The Morgan fingerprint density at radius 1 is 0.939 bits per heavy atom. The zero-order chi connectivity index (χ0) is 23.8. The minimum atomic E-state index is -3.85. The van der Waals surface area contributed by atoms with Gasteiger partial charge >= 0.3 is 5.97 Å². The molecule has 0 bridgehead atoms. The number of rotatable bonds is 10. The first-order valence-electron chi connectivity index (χ1n) is 10.9. The fourth-order valence-corrected chi connectivity index (χ4v) is 4.73. The zero-order valence-electron chi connectivity index (χ0n) is 18.8. The molecule has 0 aliphatic heterocycles. The highest BCUT2D eigenvalue weighted by Gasteiger charge is 2.25. The van der Waals surface area contributed by atoms with Crippen LogP contribution in [-0.4, -0.2) is 44.3 Å². The number of sulfonamides is 1. The first-order chi connectivity index (χ1) is 15.8. The highest BCUT2D eigenvalue weighted by Crippen LogP contribution is 2.22. The molecule has 0 heterocycles. The number of nitrogens with zero attached hydrogens (tertiary/aromatic N) is 1. The molecule has 7 nitrogen and oxygen atoms in total. The van der Waals surface area contributed by atoms with Gasteiger partial charge in [0.2, 0.25) is 15.9 Å². The van der Waals surface area contributed by atoms with Crippen molar-refractivity contribution in [1.82, 2.24) is 4.31 Å². The Hall–Kier alpha value is -3.23. The number of benzene rings is 3. The van der Waals surface area contributed by atoms with Crippen molar-refractivity contribution in [2.75, 3.05) is 25.0 Å². The number of esters is 1. The Morgan fingerprint density at radius 3 is 2.30 bits per heavy atom. The quantitative estimate of drug-likeness (QED) is 0.351. The Labute approximate surface area is 194 Å². The van der Waals surface area contributed by atoms with Crippen LogP contribution in [0, 0.1) is 0 Å². The highest BCUT2D eigenvalue weighted by molar-refractivity contribution is 7.89. The Bertz CT molecular complexity index is 1220. The number of ether oxygens (including phenoxy) is 1. The molecule has 0 aliphatic rings. The normalized spacial score (nSPS) is 11.5. The van der Waals surface area contributed by atoms with Crippen LogP contribution in [0.15, 0.2) is 71.6 Å². The van der Waals surface area contributed by atoms with E-state index in [2.05, 4.69) is 5.32 Å². The number of carbonyl (C=O) groups excluding carboxylic acids is 2. The van der Waals surface area contributed by atoms with Gasteiger partial charge in [0, 0.05) is 12.2 Å². The molecule has 0 aliphatic carbocycles. The predicted molar refractivity (Wildman–Crippen MR) is 129 cm³/mol. The number of carbonyl (C=O) groups is 2. The third-order valence-corrected chi connectivity index (χ3v) is 7.08. The molecule has 0 radical (unpaired) electrons. The summed E-state index contributed by atoms with van der Waals surface area (Å²) in [5.41, 5.74) is 0.849. The Balaban J connectivity index is 1.65. The van der Waals surface area contributed by atoms with E-state index < -0.39 is 21.9 Å². The average molecular weight is 469 g/mol. The number of likely N-dealkylation sites (N-methyl/N-ethyl adjacent to an activating group) is 1. The van der Waals surface area contributed by atoms with Gasteiger partial charge in [-0.25, -0.2) is 13.2 Å². The van der Waals surface area contributed by atoms with E-state index in [1.54, 1.807) is 49.4 Å². The van der Waals surface area contributed by atoms with Gasteiger partial charge in [-0.1, -0.05) is 50.6 Å². The maximum Gasteiger partial charge on any atom is 0.338 e. The second-order valence-electron chi connectivity index (χ2n) is 7.56. The first-order valence-corrected chi connectivity index (χ1v) is 12.3. The molecule has 174 valence electrons. The van der Waals surface area contributed by atoms with E-state index in [0.717, 1.165) is 27.9 Å². The van der Waals surface area contributed by atoms with E-state index >= 15 is 0 Å². The van der Waals surface area contributed by atoms with E-state index in [1.165, 1.54) is 0 Å². The summed E-state index contributed by atoms with van der Waals surface area (Å²) in [6, 6.07) is 18.7. The molecule has 1 N–H and O–H groups in total. The van der Waals surface area contributed by atoms with Gasteiger partial charge in [0.1, 0.15) is 0 Å². The van der Waals surface area contributed by atoms with E-state index in [0.29, 0.717) is 17.9 Å². The van der Waals surface area contributed by atoms with E-state index in [4.69, 9.17) is 4.74 Å². The second kappa shape index (κ2) is 11.1. The molecule has 0 saturated heterocycles. The van der Waals surface area contributed by atoms with Crippen LogP contribution in [0.4, 0.5) is 5.69 Å². The molecule has 0 unspecified atom stereocenters. The van der Waals surface area contributed by atoms with Crippen LogP contribution in [0.1, 0.15) is 37.0 Å². The number of unbranched alkanes of at least 4 members (excludes halogenated alkanes) is 1. The SMILES string of the molecule is CCCCOC(=O)c1ccc(NC(=O)CN(CC)S(=O)(=O)c2ccc3ccccc3c2)cc1. The number of anilines is 1. The van der Waals surface area contributed by atoms with Gasteiger partial charge in [0.25, 0.3) is 0 Å². The van der Waals surface area contributed by atoms with Crippen LogP contribution in [0.5, 0.6) is 0 Å². The van der Waals surface area contributed by atoms with Crippen molar-refractivity contribution in [3.8, 4) is 0 Å². The minimum Gasteiger partial charge on any atom is -0.462 e. The van der Waals surface area contributed by atoms with E-state index in [1.807, 2.05) is 31.2 Å². The van der Waals surface area contributed by atoms with Crippen molar-refractivity contribution < 1.29 is 22.7 Å². The Morgan fingerprint density at radius 2 is 1.64 bits per heavy atom. The lowest BCUT2D eigenvalue weighted by atomic mass is 10.1. The van der Waals surface area contributed by atoms with Crippen molar-refractivity contribution in [1.29, 1.82) is 0 Å². The van der Waals surface area contributed by atoms with Crippen LogP contribution in [0.2, 0.25) is 0 Å². The lowest BCUT2D eigenvalue weighted by Gasteiger charge is -2.20. The third kappa shape index (κ3) is 6.18. The van der Waals surface area contributed by atoms with Gasteiger partial charge in [-0.15, -0.1) is 0 Å².